The number of nitrogens with zero attached hydrogens (tertiary/aromatic N) is 2. The molecule has 3 aromatic rings. The fourth-order valence-corrected chi connectivity index (χ4v) is 2.88. The number of ether oxygens (including phenoxy) is 1. The summed E-state index contributed by atoms with van der Waals surface area (Å²) >= 11 is 0. The number of halogens is 3. The number of hydrogen-bond acceptors (Lipinski definition) is 5. The predicted molar refractivity (Wildman–Crippen MR) is 110 cm³/mol. The number of carbonyl (C=O) groups is 2. The quantitative estimate of drug-likeness (QED) is 0.600. The SMILES string of the molecule is CCOC(=O)c1nn(-c2ccccc2C)c(=O)cc1NC(=O)c1ccc(C(F)(F)F)cc1. The highest BCUT2D eigenvalue weighted by Gasteiger charge is 2.30. The number of carbonyl (C=O) groups excluding carboxylic acids is 2. The van der Waals surface area contributed by atoms with Crippen LogP contribution in [0.5, 0.6) is 0 Å². The Morgan fingerprint density at radius 1 is 1.09 bits per heavy atom. The van der Waals surface area contributed by atoms with Crippen LogP contribution in [-0.2, 0) is 10.9 Å². The van der Waals surface area contributed by atoms with Crippen molar-refractivity contribution in [2.45, 2.75) is 20.0 Å². The first-order valence-corrected chi connectivity index (χ1v) is 9.48. The summed E-state index contributed by atoms with van der Waals surface area (Å²) in [6.45, 7) is 3.36. The second-order valence-electron chi connectivity index (χ2n) is 6.69. The first kappa shape index (κ1) is 22.7. The van der Waals surface area contributed by atoms with Gasteiger partial charge in [0, 0.05) is 11.6 Å². The Bertz CT molecular complexity index is 1220. The molecule has 0 spiro atoms. The van der Waals surface area contributed by atoms with Crippen molar-refractivity contribution in [3.63, 3.8) is 0 Å². The molecule has 3 rings (SSSR count). The molecule has 7 nitrogen and oxygen atoms in total. The lowest BCUT2D eigenvalue weighted by Crippen LogP contribution is -2.27. The van der Waals surface area contributed by atoms with E-state index in [1.807, 2.05) is 0 Å². The number of aryl methyl sites for hydroxylation is 1. The Balaban J connectivity index is 2.01. The Morgan fingerprint density at radius 3 is 2.34 bits per heavy atom. The van der Waals surface area contributed by atoms with E-state index < -0.39 is 29.2 Å². The molecule has 0 fully saturated rings. The Hall–Kier alpha value is -3.95. The summed E-state index contributed by atoms with van der Waals surface area (Å²) in [4.78, 5) is 37.7. The number of esters is 1. The van der Waals surface area contributed by atoms with Crippen LogP contribution in [0.4, 0.5) is 18.9 Å². The first-order chi connectivity index (χ1) is 15.1. The van der Waals surface area contributed by atoms with Gasteiger partial charge in [0.25, 0.3) is 11.5 Å². The van der Waals surface area contributed by atoms with Gasteiger partial charge in [-0.3, -0.25) is 9.59 Å². The summed E-state index contributed by atoms with van der Waals surface area (Å²) in [6, 6.07) is 11.4. The summed E-state index contributed by atoms with van der Waals surface area (Å²) < 4.78 is 44.2. The van der Waals surface area contributed by atoms with Crippen molar-refractivity contribution in [2.75, 3.05) is 11.9 Å². The van der Waals surface area contributed by atoms with Crippen molar-refractivity contribution in [3.8, 4) is 5.69 Å². The van der Waals surface area contributed by atoms with Gasteiger partial charge >= 0.3 is 12.1 Å². The molecule has 32 heavy (non-hydrogen) atoms. The van der Waals surface area contributed by atoms with E-state index in [2.05, 4.69) is 10.4 Å². The maximum Gasteiger partial charge on any atom is 0.416 e. The van der Waals surface area contributed by atoms with Gasteiger partial charge in [0.2, 0.25) is 0 Å². The lowest BCUT2D eigenvalue weighted by molar-refractivity contribution is -0.137. The molecule has 0 aliphatic heterocycles. The molecule has 1 N–H and O–H groups in total. The van der Waals surface area contributed by atoms with Crippen LogP contribution < -0.4 is 10.9 Å². The van der Waals surface area contributed by atoms with E-state index in [1.165, 1.54) is 0 Å². The molecule has 0 radical (unpaired) electrons. The van der Waals surface area contributed by atoms with Gasteiger partial charge in [0.05, 0.1) is 23.5 Å². The van der Waals surface area contributed by atoms with Crippen molar-refractivity contribution >= 4 is 17.6 Å². The number of hydrogen-bond donors (Lipinski definition) is 1. The smallest absolute Gasteiger partial charge is 0.416 e. The Labute approximate surface area is 180 Å². The molecule has 1 heterocycles. The lowest BCUT2D eigenvalue weighted by Gasteiger charge is -2.14. The highest BCUT2D eigenvalue weighted by atomic mass is 19.4. The third-order valence-electron chi connectivity index (χ3n) is 4.47. The van der Waals surface area contributed by atoms with Crippen molar-refractivity contribution in [2.24, 2.45) is 0 Å². The number of benzene rings is 2. The minimum atomic E-state index is -4.55. The van der Waals surface area contributed by atoms with E-state index in [0.717, 1.165) is 40.6 Å². The van der Waals surface area contributed by atoms with Crippen LogP contribution in [0.15, 0.2) is 59.4 Å². The van der Waals surface area contributed by atoms with E-state index >= 15 is 0 Å². The van der Waals surface area contributed by atoms with Crippen LogP contribution >= 0.6 is 0 Å². The lowest BCUT2D eigenvalue weighted by atomic mass is 10.1. The molecule has 0 saturated carbocycles. The summed E-state index contributed by atoms with van der Waals surface area (Å²) in [7, 11) is 0. The number of rotatable bonds is 5. The summed E-state index contributed by atoms with van der Waals surface area (Å²) in [5.74, 6) is -1.70. The molecule has 0 saturated heterocycles. The highest BCUT2D eigenvalue weighted by Crippen LogP contribution is 2.29. The van der Waals surface area contributed by atoms with Crippen LogP contribution in [0.1, 0.15) is 38.9 Å². The number of nitrogens with one attached hydrogen (secondary N) is 1. The van der Waals surface area contributed by atoms with E-state index in [-0.39, 0.29) is 23.6 Å². The largest absolute Gasteiger partial charge is 0.461 e. The van der Waals surface area contributed by atoms with E-state index in [9.17, 15) is 27.6 Å². The normalized spacial score (nSPS) is 11.2. The monoisotopic (exact) mass is 445 g/mol. The summed E-state index contributed by atoms with van der Waals surface area (Å²) in [5, 5.41) is 6.44. The van der Waals surface area contributed by atoms with Crippen LogP contribution in [0.3, 0.4) is 0 Å². The van der Waals surface area contributed by atoms with Crippen LogP contribution in [0, 0.1) is 6.92 Å². The second kappa shape index (κ2) is 9.04. The van der Waals surface area contributed by atoms with Crippen LogP contribution in [0.25, 0.3) is 5.69 Å². The minimum absolute atomic E-state index is 0.0241. The summed E-state index contributed by atoms with van der Waals surface area (Å²) in [6.07, 6.45) is -4.55. The van der Waals surface area contributed by atoms with Crippen molar-refractivity contribution < 1.29 is 27.5 Å². The van der Waals surface area contributed by atoms with Gasteiger partial charge < -0.3 is 10.1 Å². The number of amides is 1. The minimum Gasteiger partial charge on any atom is -0.461 e. The fraction of sp³-hybridized carbons (Fsp3) is 0.182. The van der Waals surface area contributed by atoms with Gasteiger partial charge in [-0.1, -0.05) is 18.2 Å². The maximum absolute atomic E-state index is 12.7. The number of anilines is 1. The molecule has 10 heteroatoms. The van der Waals surface area contributed by atoms with Crippen LogP contribution in [-0.4, -0.2) is 28.3 Å². The number of alkyl halides is 3. The molecule has 1 amide bonds. The van der Waals surface area contributed by atoms with Crippen LogP contribution in [0.2, 0.25) is 0 Å². The fourth-order valence-electron chi connectivity index (χ4n) is 2.88. The van der Waals surface area contributed by atoms with Gasteiger partial charge in [0.15, 0.2) is 5.69 Å². The van der Waals surface area contributed by atoms with Gasteiger partial charge in [0.1, 0.15) is 0 Å². The van der Waals surface area contributed by atoms with Gasteiger partial charge in [-0.05, 0) is 49.7 Å². The molecular formula is C22H18F3N3O4. The Morgan fingerprint density at radius 2 is 1.75 bits per heavy atom. The number of para-hydroxylation sites is 1. The van der Waals surface area contributed by atoms with Crippen molar-refractivity contribution in [3.05, 3.63) is 87.3 Å². The molecule has 0 atom stereocenters. The molecule has 166 valence electrons. The van der Waals surface area contributed by atoms with Gasteiger partial charge in [-0.25, -0.2) is 4.79 Å². The van der Waals surface area contributed by atoms with E-state index in [1.54, 1.807) is 38.1 Å². The average molecular weight is 445 g/mol. The number of aromatic nitrogens is 2. The van der Waals surface area contributed by atoms with E-state index in [0.29, 0.717) is 5.69 Å². The molecule has 0 aliphatic carbocycles. The predicted octanol–water partition coefficient (Wildman–Crippen LogP) is 3.99. The molecule has 2 aromatic carbocycles. The average Bonchev–Trinajstić information content (AvgIpc) is 2.74. The topological polar surface area (TPSA) is 90.3 Å². The molecule has 0 unspecified atom stereocenters. The Kier molecular flexibility index (Phi) is 6.42. The van der Waals surface area contributed by atoms with Crippen molar-refractivity contribution in [1.82, 2.24) is 9.78 Å². The molecule has 1 aromatic heterocycles. The standard InChI is InChI=1S/C22H18F3N3O4/c1-3-32-21(31)19-16(12-18(29)28(27-19)17-7-5-4-6-13(17)2)26-20(30)14-8-10-15(11-9-14)22(23,24)25/h4-12H,3H2,1-2H3,(H,26,30). The molecule has 0 bridgehead atoms. The highest BCUT2D eigenvalue weighted by molar-refractivity contribution is 6.07. The third-order valence-corrected chi connectivity index (χ3v) is 4.47. The maximum atomic E-state index is 12.7. The zero-order valence-electron chi connectivity index (χ0n) is 17.1. The van der Waals surface area contributed by atoms with E-state index in [4.69, 9.17) is 4.74 Å². The first-order valence-electron chi connectivity index (χ1n) is 9.48. The summed E-state index contributed by atoms with van der Waals surface area (Å²) in [5.41, 5.74) is -1.03. The van der Waals surface area contributed by atoms with Gasteiger partial charge in [-0.2, -0.15) is 23.0 Å². The molecular weight excluding hydrogens is 427 g/mol. The van der Waals surface area contributed by atoms with Crippen molar-refractivity contribution in [1.29, 1.82) is 0 Å². The molecule has 0 aliphatic rings. The second-order valence-corrected chi connectivity index (χ2v) is 6.69. The zero-order valence-corrected chi connectivity index (χ0v) is 17.1. The van der Waals surface area contributed by atoms with Gasteiger partial charge in [-0.15, -0.1) is 0 Å². The zero-order chi connectivity index (χ0) is 23.5. The third kappa shape index (κ3) is 4.85.